The SMILES string of the molecule is NC1CCCCc2cn(Cc3cc(Br)cs3)cc21. The van der Waals surface area contributed by atoms with E-state index in [0.29, 0.717) is 0 Å². The van der Waals surface area contributed by atoms with E-state index in [-0.39, 0.29) is 6.04 Å². The highest BCUT2D eigenvalue weighted by molar-refractivity contribution is 9.10. The number of nitrogens with zero attached hydrogens (tertiary/aromatic N) is 1. The van der Waals surface area contributed by atoms with Gasteiger partial charge in [0.1, 0.15) is 0 Å². The zero-order valence-corrected chi connectivity index (χ0v) is 12.6. The summed E-state index contributed by atoms with van der Waals surface area (Å²) in [5.74, 6) is 0. The van der Waals surface area contributed by atoms with Crippen LogP contribution in [0.2, 0.25) is 0 Å². The number of hydrogen-bond donors (Lipinski definition) is 1. The van der Waals surface area contributed by atoms with Crippen molar-refractivity contribution >= 4 is 27.3 Å². The summed E-state index contributed by atoms with van der Waals surface area (Å²) in [5, 5.41) is 2.13. The van der Waals surface area contributed by atoms with Gasteiger partial charge in [-0.25, -0.2) is 0 Å². The molecule has 1 aliphatic rings. The average molecular weight is 325 g/mol. The molecule has 0 aliphatic heterocycles. The highest BCUT2D eigenvalue weighted by Gasteiger charge is 2.17. The summed E-state index contributed by atoms with van der Waals surface area (Å²) in [4.78, 5) is 1.38. The molecule has 2 N–H and O–H groups in total. The summed E-state index contributed by atoms with van der Waals surface area (Å²) in [6, 6.07) is 2.43. The Morgan fingerprint density at radius 3 is 3.06 bits per heavy atom. The summed E-state index contributed by atoms with van der Waals surface area (Å²) in [5.41, 5.74) is 9.06. The van der Waals surface area contributed by atoms with E-state index in [1.165, 1.54) is 39.7 Å². The molecule has 0 radical (unpaired) electrons. The van der Waals surface area contributed by atoms with Gasteiger partial charge in [0, 0.05) is 33.2 Å². The molecule has 2 heterocycles. The minimum atomic E-state index is 0.235. The van der Waals surface area contributed by atoms with Crippen LogP contribution in [-0.4, -0.2) is 4.57 Å². The first kappa shape index (κ1) is 12.5. The summed E-state index contributed by atoms with van der Waals surface area (Å²) in [6.45, 7) is 0.954. The summed E-state index contributed by atoms with van der Waals surface area (Å²) in [7, 11) is 0. The van der Waals surface area contributed by atoms with Gasteiger partial charge in [-0.2, -0.15) is 0 Å². The zero-order valence-electron chi connectivity index (χ0n) is 10.2. The summed E-state index contributed by atoms with van der Waals surface area (Å²) >= 11 is 5.30. The van der Waals surface area contributed by atoms with Crippen LogP contribution in [0.5, 0.6) is 0 Å². The molecule has 4 heteroatoms. The fourth-order valence-electron chi connectivity index (χ4n) is 2.66. The number of fused-ring (bicyclic) bond motifs is 1. The Bertz CT molecular complexity index is 544. The first-order valence-electron chi connectivity index (χ1n) is 6.39. The Kier molecular flexibility index (Phi) is 3.59. The molecule has 0 bridgehead atoms. The normalized spacial score (nSPS) is 19.6. The van der Waals surface area contributed by atoms with Gasteiger partial charge >= 0.3 is 0 Å². The lowest BCUT2D eigenvalue weighted by atomic mass is 10.1. The van der Waals surface area contributed by atoms with Gasteiger partial charge < -0.3 is 10.3 Å². The number of halogens is 1. The minimum Gasteiger partial charge on any atom is -0.348 e. The molecule has 2 aromatic rings. The molecule has 0 saturated heterocycles. The van der Waals surface area contributed by atoms with Gasteiger partial charge in [0.2, 0.25) is 0 Å². The second-order valence-electron chi connectivity index (χ2n) is 4.99. The number of thiophene rings is 1. The second kappa shape index (κ2) is 5.19. The summed E-state index contributed by atoms with van der Waals surface area (Å²) < 4.78 is 3.46. The van der Waals surface area contributed by atoms with Crippen LogP contribution in [0, 0.1) is 0 Å². The van der Waals surface area contributed by atoms with Crippen LogP contribution >= 0.6 is 27.3 Å². The third kappa shape index (κ3) is 2.56. The quantitative estimate of drug-likeness (QED) is 0.829. The molecule has 18 heavy (non-hydrogen) atoms. The molecule has 1 aliphatic carbocycles. The van der Waals surface area contributed by atoms with Crippen molar-refractivity contribution in [2.75, 3.05) is 0 Å². The Morgan fingerprint density at radius 2 is 2.28 bits per heavy atom. The lowest BCUT2D eigenvalue weighted by molar-refractivity contribution is 0.610. The standard InChI is InChI=1S/C14H17BrN2S/c15-11-5-12(18-9-11)7-17-6-10-3-1-2-4-14(16)13(10)8-17/h5-6,8-9,14H,1-4,7,16H2. The second-order valence-corrected chi connectivity index (χ2v) is 6.91. The van der Waals surface area contributed by atoms with Crippen LogP contribution in [0.15, 0.2) is 28.3 Å². The summed E-state index contributed by atoms with van der Waals surface area (Å²) in [6.07, 6.45) is 9.38. The van der Waals surface area contributed by atoms with Crippen LogP contribution in [0.4, 0.5) is 0 Å². The van der Waals surface area contributed by atoms with E-state index >= 15 is 0 Å². The number of aromatic nitrogens is 1. The molecule has 3 rings (SSSR count). The maximum atomic E-state index is 6.24. The molecule has 0 saturated carbocycles. The Hall–Kier alpha value is -0.580. The van der Waals surface area contributed by atoms with Crippen molar-refractivity contribution in [2.45, 2.75) is 38.3 Å². The Balaban J connectivity index is 1.84. The topological polar surface area (TPSA) is 30.9 Å². The first-order valence-corrected chi connectivity index (χ1v) is 8.06. The van der Waals surface area contributed by atoms with Crippen LogP contribution < -0.4 is 5.73 Å². The van der Waals surface area contributed by atoms with Gasteiger partial charge in [-0.3, -0.25) is 0 Å². The molecular weight excluding hydrogens is 308 g/mol. The fraction of sp³-hybridized carbons (Fsp3) is 0.429. The van der Waals surface area contributed by atoms with E-state index in [1.807, 2.05) is 0 Å². The van der Waals surface area contributed by atoms with Crippen molar-refractivity contribution in [3.05, 3.63) is 44.3 Å². The van der Waals surface area contributed by atoms with E-state index in [0.717, 1.165) is 13.0 Å². The van der Waals surface area contributed by atoms with Gasteiger partial charge in [-0.1, -0.05) is 6.42 Å². The number of aryl methyl sites for hydroxylation is 1. The monoisotopic (exact) mass is 324 g/mol. The zero-order chi connectivity index (χ0) is 12.5. The van der Waals surface area contributed by atoms with Crippen molar-refractivity contribution < 1.29 is 0 Å². The van der Waals surface area contributed by atoms with Crippen LogP contribution in [-0.2, 0) is 13.0 Å². The van der Waals surface area contributed by atoms with Crippen molar-refractivity contribution in [1.82, 2.24) is 4.57 Å². The number of hydrogen-bond acceptors (Lipinski definition) is 2. The van der Waals surface area contributed by atoms with E-state index in [1.54, 1.807) is 11.3 Å². The molecule has 0 amide bonds. The van der Waals surface area contributed by atoms with Crippen LogP contribution in [0.1, 0.15) is 41.3 Å². The Labute approximate surface area is 120 Å². The molecular formula is C14H17BrN2S. The van der Waals surface area contributed by atoms with E-state index in [9.17, 15) is 0 Å². The third-order valence-electron chi connectivity index (χ3n) is 3.57. The van der Waals surface area contributed by atoms with Gasteiger partial charge in [0.05, 0.1) is 6.54 Å². The number of rotatable bonds is 2. The fourth-order valence-corrected chi connectivity index (χ4v) is 4.12. The first-order chi connectivity index (χ1) is 8.72. The van der Waals surface area contributed by atoms with Crippen LogP contribution in [0.3, 0.4) is 0 Å². The molecule has 2 aromatic heterocycles. The highest BCUT2D eigenvalue weighted by atomic mass is 79.9. The Morgan fingerprint density at radius 1 is 1.39 bits per heavy atom. The lowest BCUT2D eigenvalue weighted by Crippen LogP contribution is -2.09. The number of nitrogens with two attached hydrogens (primary N) is 1. The van der Waals surface area contributed by atoms with Crippen LogP contribution in [0.25, 0.3) is 0 Å². The maximum absolute atomic E-state index is 6.24. The predicted molar refractivity (Wildman–Crippen MR) is 80.0 cm³/mol. The molecule has 1 atom stereocenters. The molecule has 0 aromatic carbocycles. The van der Waals surface area contributed by atoms with Gasteiger partial charge in [-0.15, -0.1) is 11.3 Å². The molecule has 0 spiro atoms. The van der Waals surface area contributed by atoms with Crippen molar-refractivity contribution in [3.63, 3.8) is 0 Å². The predicted octanol–water partition coefficient (Wildman–Crippen LogP) is 4.09. The lowest BCUT2D eigenvalue weighted by Gasteiger charge is -2.07. The van der Waals surface area contributed by atoms with Gasteiger partial charge in [0.15, 0.2) is 0 Å². The van der Waals surface area contributed by atoms with Gasteiger partial charge in [0.25, 0.3) is 0 Å². The van der Waals surface area contributed by atoms with E-state index < -0.39 is 0 Å². The molecule has 0 fully saturated rings. The maximum Gasteiger partial charge on any atom is 0.0564 e. The molecule has 96 valence electrons. The van der Waals surface area contributed by atoms with Crippen molar-refractivity contribution in [3.8, 4) is 0 Å². The minimum absolute atomic E-state index is 0.235. The third-order valence-corrected chi connectivity index (χ3v) is 5.25. The van der Waals surface area contributed by atoms with Crippen molar-refractivity contribution in [2.24, 2.45) is 5.73 Å². The van der Waals surface area contributed by atoms with E-state index in [4.69, 9.17) is 5.73 Å². The molecule has 1 unspecified atom stereocenters. The van der Waals surface area contributed by atoms with Crippen molar-refractivity contribution in [1.29, 1.82) is 0 Å². The molecule has 2 nitrogen and oxygen atoms in total. The smallest absolute Gasteiger partial charge is 0.0564 e. The van der Waals surface area contributed by atoms with Gasteiger partial charge in [-0.05, 0) is 52.4 Å². The van der Waals surface area contributed by atoms with E-state index in [2.05, 4.69) is 44.3 Å². The largest absolute Gasteiger partial charge is 0.348 e. The average Bonchev–Trinajstić information content (AvgIpc) is 2.88. The highest BCUT2D eigenvalue weighted by Crippen LogP contribution is 2.28.